The highest BCUT2D eigenvalue weighted by Crippen LogP contribution is 2.23. The van der Waals surface area contributed by atoms with Crippen molar-refractivity contribution < 1.29 is 4.74 Å². The summed E-state index contributed by atoms with van der Waals surface area (Å²) in [5, 5.41) is 12.1. The highest BCUT2D eigenvalue weighted by atomic mass is 16.5. The van der Waals surface area contributed by atoms with Crippen molar-refractivity contribution >= 4 is 11.5 Å². The fraction of sp³-hybridized carbons (Fsp3) is 0.217. The van der Waals surface area contributed by atoms with E-state index in [0.717, 1.165) is 22.4 Å². The summed E-state index contributed by atoms with van der Waals surface area (Å²) < 4.78 is 5.90. The molecule has 2 N–H and O–H groups in total. The van der Waals surface area contributed by atoms with Crippen LogP contribution in [0, 0.1) is 5.41 Å². The number of pyridine rings is 1. The van der Waals surface area contributed by atoms with E-state index in [0.29, 0.717) is 18.1 Å². The van der Waals surface area contributed by atoms with E-state index >= 15 is 0 Å². The van der Waals surface area contributed by atoms with E-state index in [4.69, 9.17) is 10.1 Å². The number of ether oxygens (including phenoxy) is 1. The first-order valence-electron chi connectivity index (χ1n) is 9.02. The molecule has 0 unspecified atom stereocenters. The van der Waals surface area contributed by atoms with Crippen molar-refractivity contribution in [2.45, 2.75) is 32.9 Å². The van der Waals surface area contributed by atoms with Crippen LogP contribution in [0.2, 0.25) is 0 Å². The maximum absolute atomic E-state index is 8.68. The van der Waals surface area contributed by atoms with Crippen LogP contribution in [-0.2, 0) is 6.61 Å². The molecule has 0 fully saturated rings. The van der Waals surface area contributed by atoms with Crippen LogP contribution in [-0.4, -0.2) is 16.2 Å². The average Bonchev–Trinajstić information content (AvgIpc) is 2.66. The molecule has 1 aromatic heterocycles. The summed E-state index contributed by atoms with van der Waals surface area (Å²) in [6.07, 6.45) is 1.74. The Hall–Kier alpha value is -3.14. The zero-order valence-corrected chi connectivity index (χ0v) is 16.0. The van der Waals surface area contributed by atoms with Gasteiger partial charge in [0.15, 0.2) is 0 Å². The fourth-order valence-corrected chi connectivity index (χ4v) is 2.70. The van der Waals surface area contributed by atoms with Crippen LogP contribution in [0.4, 0.5) is 5.82 Å². The topological polar surface area (TPSA) is 58.0 Å². The largest absolute Gasteiger partial charge is 0.489 e. The van der Waals surface area contributed by atoms with Gasteiger partial charge in [0.05, 0.1) is 5.71 Å². The molecule has 2 aromatic carbocycles. The van der Waals surface area contributed by atoms with Crippen molar-refractivity contribution in [1.82, 2.24) is 4.98 Å². The molecule has 4 heteroatoms. The van der Waals surface area contributed by atoms with Crippen LogP contribution in [0.25, 0.3) is 0 Å². The lowest BCUT2D eigenvalue weighted by Crippen LogP contribution is -2.28. The average molecular weight is 359 g/mol. The number of hydrogen-bond donors (Lipinski definition) is 2. The molecule has 138 valence electrons. The summed E-state index contributed by atoms with van der Waals surface area (Å²) in [4.78, 5) is 4.43. The minimum absolute atomic E-state index is 0.135. The van der Waals surface area contributed by atoms with Gasteiger partial charge in [0.2, 0.25) is 0 Å². The summed E-state index contributed by atoms with van der Waals surface area (Å²) >= 11 is 0. The molecule has 3 aromatic rings. The van der Waals surface area contributed by atoms with Gasteiger partial charge in [0.1, 0.15) is 18.2 Å². The first-order chi connectivity index (χ1) is 12.9. The molecule has 4 nitrogen and oxygen atoms in total. The molecule has 0 saturated heterocycles. The maximum atomic E-state index is 8.68. The van der Waals surface area contributed by atoms with Gasteiger partial charge in [0.25, 0.3) is 0 Å². The van der Waals surface area contributed by atoms with Gasteiger partial charge in [-0.1, -0.05) is 42.5 Å². The van der Waals surface area contributed by atoms with Gasteiger partial charge in [-0.25, -0.2) is 4.98 Å². The normalized spacial score (nSPS) is 11.1. The predicted molar refractivity (Wildman–Crippen MR) is 111 cm³/mol. The molecule has 0 radical (unpaired) electrons. The number of anilines is 1. The van der Waals surface area contributed by atoms with Crippen LogP contribution in [0.1, 0.15) is 37.5 Å². The number of rotatable bonds is 6. The Labute approximate surface area is 160 Å². The van der Waals surface area contributed by atoms with Gasteiger partial charge in [-0.2, -0.15) is 0 Å². The Kier molecular flexibility index (Phi) is 5.55. The van der Waals surface area contributed by atoms with Crippen LogP contribution in [0.3, 0.4) is 0 Å². The molecular weight excluding hydrogens is 334 g/mol. The van der Waals surface area contributed by atoms with Crippen molar-refractivity contribution in [3.8, 4) is 5.75 Å². The molecular formula is C23H25N3O. The molecule has 27 heavy (non-hydrogen) atoms. The number of benzene rings is 2. The fourth-order valence-electron chi connectivity index (χ4n) is 2.70. The van der Waals surface area contributed by atoms with Gasteiger partial charge >= 0.3 is 0 Å². The molecule has 0 amide bonds. The first-order valence-corrected chi connectivity index (χ1v) is 9.02. The lowest BCUT2D eigenvalue weighted by molar-refractivity contribution is 0.306. The van der Waals surface area contributed by atoms with Crippen LogP contribution < -0.4 is 10.1 Å². The van der Waals surface area contributed by atoms with Crippen molar-refractivity contribution in [2.24, 2.45) is 0 Å². The summed E-state index contributed by atoms with van der Waals surface area (Å²) in [7, 11) is 0. The molecule has 0 aliphatic carbocycles. The number of nitrogens with one attached hydrogen (secondary N) is 2. The molecule has 0 saturated carbocycles. The molecule has 3 rings (SSSR count). The zero-order valence-electron chi connectivity index (χ0n) is 16.0. The molecule has 0 atom stereocenters. The Morgan fingerprint density at radius 2 is 1.78 bits per heavy atom. The predicted octanol–water partition coefficient (Wildman–Crippen LogP) is 5.29. The molecule has 0 aliphatic heterocycles. The van der Waals surface area contributed by atoms with E-state index in [1.807, 2.05) is 66.7 Å². The van der Waals surface area contributed by atoms with E-state index in [2.05, 4.69) is 31.1 Å². The Morgan fingerprint density at radius 3 is 2.52 bits per heavy atom. The second-order valence-corrected chi connectivity index (χ2v) is 7.45. The quantitative estimate of drug-likeness (QED) is 0.588. The molecule has 0 bridgehead atoms. The third-order valence-corrected chi connectivity index (χ3v) is 3.94. The second-order valence-electron chi connectivity index (χ2n) is 7.45. The highest BCUT2D eigenvalue weighted by Gasteiger charge is 2.16. The molecule has 0 aliphatic rings. The van der Waals surface area contributed by atoms with Crippen LogP contribution in [0.15, 0.2) is 72.9 Å². The van der Waals surface area contributed by atoms with E-state index < -0.39 is 0 Å². The monoisotopic (exact) mass is 359 g/mol. The van der Waals surface area contributed by atoms with Gasteiger partial charge in [-0.15, -0.1) is 0 Å². The standard InChI is InChI=1S/C23H25N3O/c1-23(2,3)26-22-20(13-8-14-25-22)21(24)18-11-7-12-19(15-18)27-16-17-9-5-4-6-10-17/h4-15,24H,16H2,1-3H3,(H,25,26). The van der Waals surface area contributed by atoms with Gasteiger partial charge < -0.3 is 10.1 Å². The maximum Gasteiger partial charge on any atom is 0.135 e. The van der Waals surface area contributed by atoms with E-state index in [1.165, 1.54) is 0 Å². The van der Waals surface area contributed by atoms with E-state index in [-0.39, 0.29) is 5.54 Å². The van der Waals surface area contributed by atoms with Crippen molar-refractivity contribution in [2.75, 3.05) is 5.32 Å². The minimum Gasteiger partial charge on any atom is -0.489 e. The van der Waals surface area contributed by atoms with Gasteiger partial charge in [0, 0.05) is 22.9 Å². The third-order valence-electron chi connectivity index (χ3n) is 3.94. The Balaban J connectivity index is 1.80. The van der Waals surface area contributed by atoms with Crippen molar-refractivity contribution in [1.29, 1.82) is 5.41 Å². The lowest BCUT2D eigenvalue weighted by atomic mass is 10.0. The SMILES string of the molecule is CC(C)(C)Nc1ncccc1C(=N)c1cccc(OCc2ccccc2)c1. The van der Waals surface area contributed by atoms with Gasteiger partial charge in [-0.3, -0.25) is 5.41 Å². The van der Waals surface area contributed by atoms with E-state index in [9.17, 15) is 0 Å². The first kappa shape index (κ1) is 18.6. The number of aromatic nitrogens is 1. The van der Waals surface area contributed by atoms with Crippen LogP contribution >= 0.6 is 0 Å². The zero-order chi connectivity index (χ0) is 19.3. The van der Waals surface area contributed by atoms with Crippen molar-refractivity contribution in [3.63, 3.8) is 0 Å². The summed E-state index contributed by atoms with van der Waals surface area (Å²) in [6, 6.07) is 21.5. The van der Waals surface area contributed by atoms with Crippen molar-refractivity contribution in [3.05, 3.63) is 89.6 Å². The summed E-state index contributed by atoms with van der Waals surface area (Å²) in [6.45, 7) is 6.73. The summed E-state index contributed by atoms with van der Waals surface area (Å²) in [5.41, 5.74) is 2.96. The second kappa shape index (κ2) is 8.04. The van der Waals surface area contributed by atoms with Gasteiger partial charge in [-0.05, 0) is 50.6 Å². The smallest absolute Gasteiger partial charge is 0.135 e. The molecule has 0 spiro atoms. The Morgan fingerprint density at radius 1 is 1.00 bits per heavy atom. The number of nitrogens with zero attached hydrogens (tertiary/aromatic N) is 1. The Bertz CT molecular complexity index is 914. The molecule has 1 heterocycles. The summed E-state index contributed by atoms with van der Waals surface area (Å²) in [5.74, 6) is 1.46. The third kappa shape index (κ3) is 5.17. The van der Waals surface area contributed by atoms with Crippen LogP contribution in [0.5, 0.6) is 5.75 Å². The minimum atomic E-state index is -0.135. The lowest BCUT2D eigenvalue weighted by Gasteiger charge is -2.23. The van der Waals surface area contributed by atoms with E-state index in [1.54, 1.807) is 6.20 Å². The highest BCUT2D eigenvalue weighted by molar-refractivity contribution is 6.13. The number of hydrogen-bond acceptors (Lipinski definition) is 4.